The second-order valence-electron chi connectivity index (χ2n) is 8.30. The summed E-state index contributed by atoms with van der Waals surface area (Å²) >= 11 is 0. The van der Waals surface area contributed by atoms with Crippen LogP contribution in [0.25, 0.3) is 0 Å². The molecule has 0 aliphatic heterocycles. The molecule has 1 heteroatoms. The van der Waals surface area contributed by atoms with Crippen molar-refractivity contribution in [3.63, 3.8) is 0 Å². The lowest BCUT2D eigenvalue weighted by molar-refractivity contribution is 0.0855. The van der Waals surface area contributed by atoms with Gasteiger partial charge in [0.25, 0.3) is 0 Å². The minimum absolute atomic E-state index is 0.331. The molecule has 1 fully saturated rings. The van der Waals surface area contributed by atoms with Crippen LogP contribution in [0, 0.1) is 13.8 Å². The highest BCUT2D eigenvalue weighted by atomic mass is 15.2. The summed E-state index contributed by atoms with van der Waals surface area (Å²) in [5.41, 5.74) is 7.09. The van der Waals surface area contributed by atoms with Crippen LogP contribution in [0.5, 0.6) is 0 Å². The summed E-state index contributed by atoms with van der Waals surface area (Å²) in [7, 11) is 0. The standard InChI is InChI=1S/C27H31N/c1-4-28(26-18-25(19-26)24-16-20(2)15-21(3)17-24)27(22-11-7-5-8-12-22)23-13-9-6-10-14-23/h5-17,25-27H,4,18-19H2,1-3H3. The molecule has 4 rings (SSSR count). The van der Waals surface area contributed by atoms with E-state index in [0.29, 0.717) is 18.0 Å². The van der Waals surface area contributed by atoms with Crippen molar-refractivity contribution in [2.24, 2.45) is 0 Å². The molecule has 0 unspecified atom stereocenters. The number of hydrogen-bond acceptors (Lipinski definition) is 1. The van der Waals surface area contributed by atoms with E-state index in [1.54, 1.807) is 0 Å². The summed E-state index contributed by atoms with van der Waals surface area (Å²) in [6.07, 6.45) is 2.51. The number of aryl methyl sites for hydroxylation is 2. The molecule has 0 radical (unpaired) electrons. The third-order valence-electron chi connectivity index (χ3n) is 6.23. The molecule has 0 amide bonds. The van der Waals surface area contributed by atoms with Gasteiger partial charge in [-0.2, -0.15) is 0 Å². The van der Waals surface area contributed by atoms with Gasteiger partial charge in [0.05, 0.1) is 6.04 Å². The van der Waals surface area contributed by atoms with Gasteiger partial charge in [0.2, 0.25) is 0 Å². The van der Waals surface area contributed by atoms with E-state index in [4.69, 9.17) is 0 Å². The first-order valence-electron chi connectivity index (χ1n) is 10.6. The van der Waals surface area contributed by atoms with Gasteiger partial charge < -0.3 is 0 Å². The van der Waals surface area contributed by atoms with Crippen LogP contribution >= 0.6 is 0 Å². The molecule has 1 aliphatic rings. The zero-order valence-corrected chi connectivity index (χ0v) is 17.3. The highest BCUT2D eigenvalue weighted by Crippen LogP contribution is 2.44. The first kappa shape index (κ1) is 19.0. The van der Waals surface area contributed by atoms with Crippen LogP contribution in [0.2, 0.25) is 0 Å². The van der Waals surface area contributed by atoms with Gasteiger partial charge in [-0.05, 0) is 55.8 Å². The second kappa shape index (κ2) is 8.32. The van der Waals surface area contributed by atoms with Gasteiger partial charge in [-0.3, -0.25) is 4.90 Å². The van der Waals surface area contributed by atoms with Crippen molar-refractivity contribution in [2.75, 3.05) is 6.54 Å². The molecule has 0 bridgehead atoms. The minimum atomic E-state index is 0.331. The monoisotopic (exact) mass is 369 g/mol. The van der Waals surface area contributed by atoms with Gasteiger partial charge in [-0.15, -0.1) is 0 Å². The molecule has 1 nitrogen and oxygen atoms in total. The predicted molar refractivity (Wildman–Crippen MR) is 119 cm³/mol. The maximum Gasteiger partial charge on any atom is 0.0604 e. The summed E-state index contributed by atoms with van der Waals surface area (Å²) in [6, 6.07) is 30.0. The fraction of sp³-hybridized carbons (Fsp3) is 0.333. The van der Waals surface area contributed by atoms with Gasteiger partial charge in [0.15, 0.2) is 0 Å². The van der Waals surface area contributed by atoms with Gasteiger partial charge >= 0.3 is 0 Å². The lowest BCUT2D eigenvalue weighted by atomic mass is 9.73. The van der Waals surface area contributed by atoms with E-state index in [1.807, 2.05) is 0 Å². The Balaban J connectivity index is 1.58. The summed E-state index contributed by atoms with van der Waals surface area (Å²) in [5, 5.41) is 0. The number of nitrogens with zero attached hydrogens (tertiary/aromatic N) is 1. The molecule has 28 heavy (non-hydrogen) atoms. The zero-order chi connectivity index (χ0) is 19.5. The average molecular weight is 370 g/mol. The Morgan fingerprint density at radius 2 is 1.29 bits per heavy atom. The van der Waals surface area contributed by atoms with Crippen molar-refractivity contribution >= 4 is 0 Å². The van der Waals surface area contributed by atoms with Crippen LogP contribution in [-0.2, 0) is 0 Å². The summed E-state index contributed by atoms with van der Waals surface area (Å²) < 4.78 is 0. The van der Waals surface area contributed by atoms with E-state index in [0.717, 1.165) is 6.54 Å². The molecule has 144 valence electrons. The molecular formula is C27H31N. The topological polar surface area (TPSA) is 3.24 Å². The third-order valence-corrected chi connectivity index (χ3v) is 6.23. The Morgan fingerprint density at radius 1 is 0.786 bits per heavy atom. The number of benzene rings is 3. The molecule has 1 aliphatic carbocycles. The molecular weight excluding hydrogens is 338 g/mol. The highest BCUT2D eigenvalue weighted by Gasteiger charge is 2.37. The molecule has 0 spiro atoms. The summed E-state index contributed by atoms with van der Waals surface area (Å²) in [6.45, 7) is 7.80. The van der Waals surface area contributed by atoms with E-state index in [-0.39, 0.29) is 0 Å². The SMILES string of the molecule is CCN(C1CC(c2cc(C)cc(C)c2)C1)C(c1ccccc1)c1ccccc1. The quantitative estimate of drug-likeness (QED) is 0.469. The maximum atomic E-state index is 2.71. The predicted octanol–water partition coefficient (Wildman–Crippen LogP) is 6.66. The largest absolute Gasteiger partial charge is 0.290 e. The molecule has 0 aromatic heterocycles. The van der Waals surface area contributed by atoms with Crippen LogP contribution in [0.4, 0.5) is 0 Å². The van der Waals surface area contributed by atoms with Crippen molar-refractivity contribution in [1.29, 1.82) is 0 Å². The van der Waals surface area contributed by atoms with E-state index in [1.165, 1.54) is 40.7 Å². The Hall–Kier alpha value is -2.38. The zero-order valence-electron chi connectivity index (χ0n) is 17.3. The Labute approximate surface area is 170 Å². The summed E-state index contributed by atoms with van der Waals surface area (Å²) in [5.74, 6) is 0.699. The molecule has 3 aromatic carbocycles. The number of rotatable bonds is 6. The lowest BCUT2D eigenvalue weighted by Gasteiger charge is -2.47. The normalized spacial score (nSPS) is 19.0. The molecule has 0 saturated heterocycles. The first-order chi connectivity index (χ1) is 13.7. The van der Waals surface area contributed by atoms with E-state index >= 15 is 0 Å². The minimum Gasteiger partial charge on any atom is -0.290 e. The Morgan fingerprint density at radius 3 is 1.75 bits per heavy atom. The Kier molecular flexibility index (Phi) is 5.64. The van der Waals surface area contributed by atoms with E-state index in [9.17, 15) is 0 Å². The smallest absolute Gasteiger partial charge is 0.0604 e. The van der Waals surface area contributed by atoms with Gasteiger partial charge in [0, 0.05) is 6.04 Å². The molecule has 1 saturated carbocycles. The van der Waals surface area contributed by atoms with Crippen molar-refractivity contribution < 1.29 is 0 Å². The van der Waals surface area contributed by atoms with Crippen LogP contribution in [0.15, 0.2) is 78.9 Å². The molecule has 3 aromatic rings. The molecule has 0 atom stereocenters. The molecule has 0 N–H and O–H groups in total. The van der Waals surface area contributed by atoms with Crippen molar-refractivity contribution in [1.82, 2.24) is 4.90 Å². The number of hydrogen-bond donors (Lipinski definition) is 0. The van der Waals surface area contributed by atoms with Crippen molar-refractivity contribution in [2.45, 2.75) is 51.6 Å². The van der Waals surface area contributed by atoms with Crippen molar-refractivity contribution in [3.8, 4) is 0 Å². The highest BCUT2D eigenvalue weighted by molar-refractivity contribution is 5.35. The van der Waals surface area contributed by atoms with Gasteiger partial charge in [-0.25, -0.2) is 0 Å². The van der Waals surface area contributed by atoms with Crippen LogP contribution in [0.3, 0.4) is 0 Å². The maximum absolute atomic E-state index is 2.71. The Bertz CT molecular complexity index is 834. The first-order valence-corrected chi connectivity index (χ1v) is 10.6. The third kappa shape index (κ3) is 3.91. The van der Waals surface area contributed by atoms with Crippen LogP contribution in [0.1, 0.15) is 59.5 Å². The molecule has 0 heterocycles. The van der Waals surface area contributed by atoms with Gasteiger partial charge in [-0.1, -0.05) is 96.9 Å². The fourth-order valence-corrected chi connectivity index (χ4v) is 4.87. The van der Waals surface area contributed by atoms with E-state index < -0.39 is 0 Å². The van der Waals surface area contributed by atoms with Crippen molar-refractivity contribution in [3.05, 3.63) is 107 Å². The fourth-order valence-electron chi connectivity index (χ4n) is 4.87. The summed E-state index contributed by atoms with van der Waals surface area (Å²) in [4.78, 5) is 2.71. The van der Waals surface area contributed by atoms with Gasteiger partial charge in [0.1, 0.15) is 0 Å². The second-order valence-corrected chi connectivity index (χ2v) is 8.30. The van der Waals surface area contributed by atoms with Crippen LogP contribution in [-0.4, -0.2) is 17.5 Å². The lowest BCUT2D eigenvalue weighted by Crippen LogP contribution is -2.46. The average Bonchev–Trinajstić information content (AvgIpc) is 2.67. The van der Waals surface area contributed by atoms with Crippen LogP contribution < -0.4 is 0 Å². The van der Waals surface area contributed by atoms with E-state index in [2.05, 4.69) is 105 Å².